The van der Waals surface area contributed by atoms with Gasteiger partial charge in [-0.1, -0.05) is 19.9 Å². The quantitative estimate of drug-likeness (QED) is 0.835. The van der Waals surface area contributed by atoms with Gasteiger partial charge >= 0.3 is 0 Å². The first-order chi connectivity index (χ1) is 13.1. The summed E-state index contributed by atoms with van der Waals surface area (Å²) in [5.74, 6) is 0.442. The Kier molecular flexibility index (Phi) is 5.91. The number of anilines is 1. The molecule has 2 atom stereocenters. The molecular formula is C22H28N2O3S. The number of carbonyl (C=O) groups excluding carboxylic acids is 1. The van der Waals surface area contributed by atoms with E-state index in [1.54, 1.807) is 16.4 Å². The lowest BCUT2D eigenvalue weighted by molar-refractivity contribution is 0.102. The third kappa shape index (κ3) is 4.62. The van der Waals surface area contributed by atoms with Crippen molar-refractivity contribution < 1.29 is 13.2 Å². The number of rotatable bonds is 4. The number of amides is 1. The fraction of sp³-hybridized carbons (Fsp3) is 0.409. The van der Waals surface area contributed by atoms with Crippen molar-refractivity contribution >= 4 is 21.6 Å². The Hall–Kier alpha value is -2.18. The van der Waals surface area contributed by atoms with E-state index in [-0.39, 0.29) is 10.8 Å². The van der Waals surface area contributed by atoms with Crippen molar-refractivity contribution in [3.63, 3.8) is 0 Å². The van der Waals surface area contributed by atoms with Crippen LogP contribution in [0.2, 0.25) is 0 Å². The third-order valence-electron chi connectivity index (χ3n) is 5.07. The molecule has 1 saturated heterocycles. The molecule has 1 N–H and O–H groups in total. The molecule has 0 aromatic heterocycles. The largest absolute Gasteiger partial charge is 0.322 e. The second kappa shape index (κ2) is 8.05. The van der Waals surface area contributed by atoms with Crippen LogP contribution in [0.3, 0.4) is 0 Å². The molecule has 0 saturated carbocycles. The maximum atomic E-state index is 13.0. The van der Waals surface area contributed by atoms with Gasteiger partial charge in [0.2, 0.25) is 10.0 Å². The third-order valence-corrected chi connectivity index (χ3v) is 6.92. The van der Waals surface area contributed by atoms with Crippen molar-refractivity contribution in [2.45, 2.75) is 39.0 Å². The van der Waals surface area contributed by atoms with Gasteiger partial charge in [-0.15, -0.1) is 0 Å². The molecule has 1 amide bonds. The standard InChI is InChI=1S/C22H28N2O3S/c1-15-9-16(2)12-20(11-15)23-22(25)19-5-7-21(8-6-19)28(26,27)24-13-17(3)10-18(4)14-24/h5-9,11-12,17-18H,10,13-14H2,1-4H3,(H,23,25)/t17-,18-/m1/s1. The van der Waals surface area contributed by atoms with Gasteiger partial charge in [0.1, 0.15) is 0 Å². The Balaban J connectivity index is 1.76. The number of nitrogens with zero attached hydrogens (tertiary/aromatic N) is 1. The van der Waals surface area contributed by atoms with Crippen molar-refractivity contribution in [1.29, 1.82) is 0 Å². The van der Waals surface area contributed by atoms with E-state index in [4.69, 9.17) is 0 Å². The fourth-order valence-corrected chi connectivity index (χ4v) is 5.66. The molecule has 0 radical (unpaired) electrons. The summed E-state index contributed by atoms with van der Waals surface area (Å²) >= 11 is 0. The summed E-state index contributed by atoms with van der Waals surface area (Å²) < 4.78 is 27.5. The highest BCUT2D eigenvalue weighted by molar-refractivity contribution is 7.89. The molecule has 1 heterocycles. The minimum Gasteiger partial charge on any atom is -0.322 e. The zero-order valence-corrected chi connectivity index (χ0v) is 17.7. The lowest BCUT2D eigenvalue weighted by Gasteiger charge is -2.34. The van der Waals surface area contributed by atoms with E-state index in [9.17, 15) is 13.2 Å². The van der Waals surface area contributed by atoms with Gasteiger partial charge in [-0.25, -0.2) is 8.42 Å². The summed E-state index contributed by atoms with van der Waals surface area (Å²) in [5.41, 5.74) is 3.30. The Morgan fingerprint density at radius 3 is 2.04 bits per heavy atom. The molecule has 1 aliphatic heterocycles. The number of carbonyl (C=O) groups is 1. The van der Waals surface area contributed by atoms with E-state index in [1.165, 1.54) is 12.1 Å². The van der Waals surface area contributed by atoms with Crippen LogP contribution >= 0.6 is 0 Å². The summed E-state index contributed by atoms with van der Waals surface area (Å²) in [6, 6.07) is 12.0. The first-order valence-corrected chi connectivity index (χ1v) is 11.1. The van der Waals surface area contributed by atoms with Gasteiger partial charge in [0.05, 0.1) is 4.90 Å². The molecule has 1 aliphatic rings. The molecule has 3 rings (SSSR count). The van der Waals surface area contributed by atoms with E-state index in [2.05, 4.69) is 19.2 Å². The molecule has 0 unspecified atom stereocenters. The van der Waals surface area contributed by atoms with Crippen LogP contribution in [0, 0.1) is 25.7 Å². The van der Waals surface area contributed by atoms with Crippen LogP contribution in [0.5, 0.6) is 0 Å². The van der Waals surface area contributed by atoms with Crippen molar-refractivity contribution in [3.8, 4) is 0 Å². The number of hydrogen-bond donors (Lipinski definition) is 1. The second-order valence-electron chi connectivity index (χ2n) is 8.12. The van der Waals surface area contributed by atoms with E-state index in [1.807, 2.05) is 32.0 Å². The number of aryl methyl sites for hydroxylation is 2. The predicted octanol–water partition coefficient (Wildman–Crippen LogP) is 4.22. The minimum atomic E-state index is -3.54. The normalized spacial score (nSPS) is 20.7. The Morgan fingerprint density at radius 1 is 0.964 bits per heavy atom. The van der Waals surface area contributed by atoms with E-state index in [0.717, 1.165) is 23.2 Å². The summed E-state index contributed by atoms with van der Waals surface area (Å²) in [5, 5.41) is 2.87. The molecule has 28 heavy (non-hydrogen) atoms. The number of benzene rings is 2. The van der Waals surface area contributed by atoms with Crippen molar-refractivity contribution in [2.24, 2.45) is 11.8 Å². The van der Waals surface area contributed by atoms with Crippen LogP contribution in [0.15, 0.2) is 47.4 Å². The molecular weight excluding hydrogens is 372 g/mol. The molecule has 0 bridgehead atoms. The second-order valence-corrected chi connectivity index (χ2v) is 10.1. The summed E-state index contributed by atoms with van der Waals surface area (Å²) in [6.45, 7) is 9.20. The van der Waals surface area contributed by atoms with Gasteiger partial charge in [0.15, 0.2) is 0 Å². The molecule has 0 spiro atoms. The van der Waals surface area contributed by atoms with Crippen LogP contribution < -0.4 is 5.32 Å². The van der Waals surface area contributed by atoms with Gasteiger partial charge in [-0.3, -0.25) is 4.79 Å². The first kappa shape index (κ1) is 20.6. The Morgan fingerprint density at radius 2 is 1.50 bits per heavy atom. The SMILES string of the molecule is Cc1cc(C)cc(NC(=O)c2ccc(S(=O)(=O)N3C[C@H](C)C[C@@H](C)C3)cc2)c1. The zero-order chi connectivity index (χ0) is 20.5. The first-order valence-electron chi connectivity index (χ1n) is 9.65. The smallest absolute Gasteiger partial charge is 0.255 e. The lowest BCUT2D eigenvalue weighted by Crippen LogP contribution is -2.42. The highest BCUT2D eigenvalue weighted by atomic mass is 32.2. The topological polar surface area (TPSA) is 66.5 Å². The summed E-state index contributed by atoms with van der Waals surface area (Å²) in [4.78, 5) is 12.7. The van der Waals surface area contributed by atoms with Crippen molar-refractivity contribution in [1.82, 2.24) is 4.31 Å². The van der Waals surface area contributed by atoms with Crippen LogP contribution in [-0.2, 0) is 10.0 Å². The average Bonchev–Trinajstić information content (AvgIpc) is 2.60. The molecule has 6 heteroatoms. The predicted molar refractivity (Wildman–Crippen MR) is 112 cm³/mol. The molecule has 1 fully saturated rings. The number of piperidine rings is 1. The molecule has 0 aliphatic carbocycles. The number of nitrogens with one attached hydrogen (secondary N) is 1. The molecule has 2 aromatic carbocycles. The fourth-order valence-electron chi connectivity index (χ4n) is 3.98. The average molecular weight is 401 g/mol. The van der Waals surface area contributed by atoms with E-state index >= 15 is 0 Å². The molecule has 5 nitrogen and oxygen atoms in total. The number of sulfonamides is 1. The van der Waals surface area contributed by atoms with E-state index in [0.29, 0.717) is 30.5 Å². The van der Waals surface area contributed by atoms with E-state index < -0.39 is 10.0 Å². The van der Waals surface area contributed by atoms with Gasteiger partial charge in [0.25, 0.3) is 5.91 Å². The summed E-state index contributed by atoms with van der Waals surface area (Å²) in [6.07, 6.45) is 1.05. The Bertz CT molecular complexity index is 938. The van der Waals surface area contributed by atoms with Crippen LogP contribution in [-0.4, -0.2) is 31.7 Å². The van der Waals surface area contributed by atoms with Gasteiger partial charge in [-0.2, -0.15) is 4.31 Å². The highest BCUT2D eigenvalue weighted by Crippen LogP contribution is 2.27. The van der Waals surface area contributed by atoms with Crippen LogP contribution in [0.1, 0.15) is 41.8 Å². The minimum absolute atomic E-state index is 0.233. The zero-order valence-electron chi connectivity index (χ0n) is 16.9. The monoisotopic (exact) mass is 400 g/mol. The molecule has 2 aromatic rings. The molecule has 150 valence electrons. The van der Waals surface area contributed by atoms with Gasteiger partial charge in [0, 0.05) is 24.3 Å². The summed E-state index contributed by atoms with van der Waals surface area (Å²) in [7, 11) is -3.54. The van der Waals surface area contributed by atoms with Crippen molar-refractivity contribution in [3.05, 3.63) is 59.2 Å². The van der Waals surface area contributed by atoms with Crippen LogP contribution in [0.25, 0.3) is 0 Å². The van der Waals surface area contributed by atoms with Gasteiger partial charge in [-0.05, 0) is 79.6 Å². The lowest BCUT2D eigenvalue weighted by atomic mass is 9.94. The number of hydrogen-bond acceptors (Lipinski definition) is 3. The van der Waals surface area contributed by atoms with Gasteiger partial charge < -0.3 is 5.32 Å². The highest BCUT2D eigenvalue weighted by Gasteiger charge is 2.31. The maximum absolute atomic E-state index is 13.0. The maximum Gasteiger partial charge on any atom is 0.255 e. The Labute approximate surface area is 167 Å². The van der Waals surface area contributed by atoms with Crippen molar-refractivity contribution in [2.75, 3.05) is 18.4 Å². The van der Waals surface area contributed by atoms with Crippen LogP contribution in [0.4, 0.5) is 5.69 Å².